The first-order valence-corrected chi connectivity index (χ1v) is 6.28. The number of cyclic esters (lactones) is 1. The van der Waals surface area contributed by atoms with E-state index in [1.165, 1.54) is 6.07 Å². The summed E-state index contributed by atoms with van der Waals surface area (Å²) in [6.07, 6.45) is 2.44. The van der Waals surface area contributed by atoms with Crippen LogP contribution in [0.2, 0.25) is 0 Å². The van der Waals surface area contributed by atoms with E-state index < -0.39 is 5.97 Å². The number of ether oxygens (including phenoxy) is 1. The minimum atomic E-state index is -0.448. The molecule has 4 heteroatoms. The van der Waals surface area contributed by atoms with Crippen LogP contribution in [0.25, 0.3) is 0 Å². The number of fused-ring (bicyclic) bond motifs is 1. The number of esters is 1. The van der Waals surface area contributed by atoms with E-state index >= 15 is 0 Å². The Hall–Kier alpha value is -1.55. The average Bonchev–Trinajstić information content (AvgIpc) is 2.28. The Labute approximate surface area is 106 Å². The van der Waals surface area contributed by atoms with Crippen LogP contribution < -0.4 is 0 Å². The Morgan fingerprint density at radius 2 is 2.28 bits per heavy atom. The number of aromatic hydroxyl groups is 1. The molecule has 1 aliphatic heterocycles. The maximum Gasteiger partial charge on any atom is 0.342 e. The van der Waals surface area contributed by atoms with Crippen LogP contribution in [-0.2, 0) is 11.2 Å². The van der Waals surface area contributed by atoms with Gasteiger partial charge in [0.15, 0.2) is 0 Å². The maximum atomic E-state index is 11.8. The number of phenols is 1. The molecule has 98 valence electrons. The van der Waals surface area contributed by atoms with Crippen LogP contribution in [0.1, 0.15) is 42.1 Å². The molecule has 1 aromatic rings. The first-order valence-electron chi connectivity index (χ1n) is 6.28. The Morgan fingerprint density at radius 3 is 3.00 bits per heavy atom. The van der Waals surface area contributed by atoms with Gasteiger partial charge in [0.1, 0.15) is 17.4 Å². The van der Waals surface area contributed by atoms with Gasteiger partial charge in [0.2, 0.25) is 0 Å². The average molecular weight is 250 g/mol. The molecule has 0 spiro atoms. The van der Waals surface area contributed by atoms with Crippen molar-refractivity contribution < 1.29 is 19.7 Å². The highest BCUT2D eigenvalue weighted by Crippen LogP contribution is 2.29. The van der Waals surface area contributed by atoms with Gasteiger partial charge in [-0.05, 0) is 37.8 Å². The number of aliphatic hydroxyl groups is 1. The van der Waals surface area contributed by atoms with Gasteiger partial charge in [0.25, 0.3) is 0 Å². The van der Waals surface area contributed by atoms with Crippen molar-refractivity contribution in [1.29, 1.82) is 0 Å². The van der Waals surface area contributed by atoms with Crippen molar-refractivity contribution in [1.82, 2.24) is 0 Å². The third-order valence-corrected chi connectivity index (χ3v) is 3.20. The van der Waals surface area contributed by atoms with Gasteiger partial charge in [-0.15, -0.1) is 0 Å². The Bertz CT molecular complexity index is 439. The molecule has 18 heavy (non-hydrogen) atoms. The van der Waals surface area contributed by atoms with Crippen LogP contribution in [0.3, 0.4) is 0 Å². The van der Waals surface area contributed by atoms with Gasteiger partial charge in [0.05, 0.1) is 6.10 Å². The van der Waals surface area contributed by atoms with E-state index in [2.05, 4.69) is 0 Å². The highest BCUT2D eigenvalue weighted by Gasteiger charge is 2.28. The van der Waals surface area contributed by atoms with Crippen molar-refractivity contribution in [3.05, 3.63) is 29.3 Å². The Morgan fingerprint density at radius 1 is 1.50 bits per heavy atom. The van der Waals surface area contributed by atoms with Gasteiger partial charge in [0, 0.05) is 6.42 Å². The van der Waals surface area contributed by atoms with Crippen LogP contribution in [-0.4, -0.2) is 28.4 Å². The van der Waals surface area contributed by atoms with E-state index in [1.807, 2.05) is 6.07 Å². The van der Waals surface area contributed by atoms with E-state index in [0.717, 1.165) is 18.4 Å². The highest BCUT2D eigenvalue weighted by atomic mass is 16.5. The zero-order valence-corrected chi connectivity index (χ0v) is 10.4. The van der Waals surface area contributed by atoms with Crippen LogP contribution in [0.15, 0.2) is 18.2 Å². The summed E-state index contributed by atoms with van der Waals surface area (Å²) in [4.78, 5) is 11.8. The second kappa shape index (κ2) is 5.40. The summed E-state index contributed by atoms with van der Waals surface area (Å²) < 4.78 is 5.29. The van der Waals surface area contributed by atoms with Gasteiger partial charge < -0.3 is 14.9 Å². The number of phenolic OH excluding ortho intramolecular Hbond substituents is 1. The largest absolute Gasteiger partial charge is 0.507 e. The highest BCUT2D eigenvalue weighted by molar-refractivity contribution is 5.95. The van der Waals surface area contributed by atoms with Crippen molar-refractivity contribution in [2.75, 3.05) is 0 Å². The third-order valence-electron chi connectivity index (χ3n) is 3.20. The van der Waals surface area contributed by atoms with Crippen LogP contribution in [0.5, 0.6) is 5.75 Å². The summed E-state index contributed by atoms with van der Waals surface area (Å²) in [5.41, 5.74) is 1.14. The van der Waals surface area contributed by atoms with Gasteiger partial charge in [-0.25, -0.2) is 4.79 Å². The Kier molecular flexibility index (Phi) is 3.87. The predicted molar refractivity (Wildman–Crippen MR) is 66.5 cm³/mol. The molecule has 0 aliphatic carbocycles. The summed E-state index contributed by atoms with van der Waals surface area (Å²) in [5.74, 6) is -0.462. The van der Waals surface area contributed by atoms with Crippen LogP contribution in [0.4, 0.5) is 0 Å². The zero-order valence-electron chi connectivity index (χ0n) is 10.4. The molecule has 1 heterocycles. The van der Waals surface area contributed by atoms with Gasteiger partial charge in [-0.2, -0.15) is 0 Å². The van der Waals surface area contributed by atoms with Crippen molar-refractivity contribution in [3.8, 4) is 5.75 Å². The predicted octanol–water partition coefficient (Wildman–Crippen LogP) is 2.02. The standard InChI is InChI=1S/C14H18O4/c1-9(15)4-2-6-11-8-10-5-3-7-12(16)13(10)14(17)18-11/h3,5,7,9,11,15-16H,2,4,6,8H2,1H3/t9?,11-/m1/s1. The molecule has 0 amide bonds. The van der Waals surface area contributed by atoms with E-state index in [4.69, 9.17) is 4.74 Å². The SMILES string of the molecule is CC(O)CCC[C@@H]1Cc2cccc(O)c2C(=O)O1. The number of carbonyl (C=O) groups excluding carboxylic acids is 1. The molecule has 0 saturated carbocycles. The summed E-state index contributed by atoms with van der Waals surface area (Å²) in [5, 5.41) is 18.8. The minimum absolute atomic E-state index is 0.0140. The molecule has 1 unspecified atom stereocenters. The lowest BCUT2D eigenvalue weighted by molar-refractivity contribution is 0.0221. The van der Waals surface area contributed by atoms with Crippen molar-refractivity contribution >= 4 is 5.97 Å². The fourth-order valence-electron chi connectivity index (χ4n) is 2.29. The van der Waals surface area contributed by atoms with Crippen LogP contribution >= 0.6 is 0 Å². The normalized spacial score (nSPS) is 20.1. The first-order chi connectivity index (χ1) is 8.58. The lowest BCUT2D eigenvalue weighted by atomic mass is 9.95. The quantitative estimate of drug-likeness (QED) is 0.802. The molecule has 0 radical (unpaired) electrons. The van der Waals surface area contributed by atoms with E-state index in [-0.39, 0.29) is 18.0 Å². The summed E-state index contributed by atoms with van der Waals surface area (Å²) in [6, 6.07) is 5.07. The molecule has 0 saturated heterocycles. The molecule has 0 bridgehead atoms. The molecule has 0 aromatic heterocycles. The number of rotatable bonds is 4. The molecule has 1 aromatic carbocycles. The van der Waals surface area contributed by atoms with Crippen LogP contribution in [0, 0.1) is 0 Å². The molecular weight excluding hydrogens is 232 g/mol. The number of aliphatic hydroxyl groups excluding tert-OH is 1. The fraction of sp³-hybridized carbons (Fsp3) is 0.500. The number of hydrogen-bond acceptors (Lipinski definition) is 4. The van der Waals surface area contributed by atoms with E-state index in [0.29, 0.717) is 18.4 Å². The lowest BCUT2D eigenvalue weighted by Crippen LogP contribution is -2.27. The monoisotopic (exact) mass is 250 g/mol. The molecule has 1 aliphatic rings. The lowest BCUT2D eigenvalue weighted by Gasteiger charge is -2.25. The number of carbonyl (C=O) groups is 1. The molecule has 4 nitrogen and oxygen atoms in total. The summed E-state index contributed by atoms with van der Waals surface area (Å²) >= 11 is 0. The van der Waals surface area contributed by atoms with Crippen molar-refractivity contribution in [2.24, 2.45) is 0 Å². The maximum absolute atomic E-state index is 11.8. The second-order valence-electron chi connectivity index (χ2n) is 4.82. The summed E-state index contributed by atoms with van der Waals surface area (Å²) in [6.45, 7) is 1.75. The first kappa shape index (κ1) is 12.9. The van der Waals surface area contributed by atoms with E-state index in [1.54, 1.807) is 13.0 Å². The van der Waals surface area contributed by atoms with Crippen molar-refractivity contribution in [3.63, 3.8) is 0 Å². The van der Waals surface area contributed by atoms with Gasteiger partial charge in [-0.3, -0.25) is 0 Å². The smallest absolute Gasteiger partial charge is 0.342 e. The molecular formula is C14H18O4. The molecule has 2 rings (SSSR count). The second-order valence-corrected chi connectivity index (χ2v) is 4.82. The van der Waals surface area contributed by atoms with Crippen molar-refractivity contribution in [2.45, 2.75) is 44.8 Å². The third kappa shape index (κ3) is 2.82. The Balaban J connectivity index is 2.02. The molecule has 2 N–H and O–H groups in total. The summed E-state index contributed by atoms with van der Waals surface area (Å²) in [7, 11) is 0. The minimum Gasteiger partial charge on any atom is -0.507 e. The van der Waals surface area contributed by atoms with Gasteiger partial charge >= 0.3 is 5.97 Å². The number of benzene rings is 1. The molecule has 0 fully saturated rings. The fourth-order valence-corrected chi connectivity index (χ4v) is 2.29. The van der Waals surface area contributed by atoms with Gasteiger partial charge in [-0.1, -0.05) is 12.1 Å². The molecule has 2 atom stereocenters. The zero-order chi connectivity index (χ0) is 13.1. The topological polar surface area (TPSA) is 66.8 Å². The van der Waals surface area contributed by atoms with E-state index in [9.17, 15) is 15.0 Å². The number of hydrogen-bond donors (Lipinski definition) is 2.